The van der Waals surface area contributed by atoms with Gasteiger partial charge >= 0.3 is 6.09 Å². The van der Waals surface area contributed by atoms with Crippen LogP contribution in [0.1, 0.15) is 32.0 Å². The summed E-state index contributed by atoms with van der Waals surface area (Å²) in [5.41, 5.74) is 1.76. The lowest BCUT2D eigenvalue weighted by molar-refractivity contribution is -0.679. The quantitative estimate of drug-likeness (QED) is 0.798. The number of amides is 1. The van der Waals surface area contributed by atoms with Crippen molar-refractivity contribution >= 4 is 6.09 Å². The fraction of sp³-hybridized carbons (Fsp3) is 0.538. The number of rotatable bonds is 2. The fourth-order valence-corrected chi connectivity index (χ4v) is 1.44. The molecule has 0 spiro atoms. The van der Waals surface area contributed by atoms with Crippen LogP contribution in [0.15, 0.2) is 18.3 Å². The molecule has 0 saturated heterocycles. The molecule has 0 fully saturated rings. The highest BCUT2D eigenvalue weighted by atomic mass is 16.6. The first-order valence-electron chi connectivity index (χ1n) is 5.70. The lowest BCUT2D eigenvalue weighted by atomic mass is 10.2. The molecule has 1 aromatic heterocycles. The van der Waals surface area contributed by atoms with E-state index in [1.54, 1.807) is 0 Å². The number of ether oxygens (including phenoxy) is 1. The fourth-order valence-electron chi connectivity index (χ4n) is 1.44. The third kappa shape index (κ3) is 4.85. The Labute approximate surface area is 103 Å². The number of aromatic nitrogens is 1. The van der Waals surface area contributed by atoms with Gasteiger partial charge in [0.1, 0.15) is 19.2 Å². The molecule has 0 aliphatic carbocycles. The highest BCUT2D eigenvalue weighted by Crippen LogP contribution is 2.06. The Hall–Kier alpha value is -1.58. The molecule has 0 atom stereocenters. The average molecular weight is 237 g/mol. The van der Waals surface area contributed by atoms with Crippen molar-refractivity contribution < 1.29 is 14.1 Å². The van der Waals surface area contributed by atoms with Gasteiger partial charge in [-0.15, -0.1) is 0 Å². The zero-order chi connectivity index (χ0) is 13.1. The van der Waals surface area contributed by atoms with E-state index in [9.17, 15) is 4.79 Å². The van der Waals surface area contributed by atoms with Crippen molar-refractivity contribution in [1.82, 2.24) is 5.32 Å². The Morgan fingerprint density at radius 3 is 2.59 bits per heavy atom. The number of hydrogen-bond donors (Lipinski definition) is 1. The number of pyridine rings is 1. The maximum Gasteiger partial charge on any atom is 0.408 e. The molecule has 1 rings (SSSR count). The Balaban J connectivity index is 2.53. The molecular weight excluding hydrogens is 216 g/mol. The van der Waals surface area contributed by atoms with Crippen molar-refractivity contribution in [1.29, 1.82) is 0 Å². The molecular formula is C13H21N2O2+. The van der Waals surface area contributed by atoms with E-state index >= 15 is 0 Å². The first-order chi connectivity index (χ1) is 7.78. The summed E-state index contributed by atoms with van der Waals surface area (Å²) in [6.45, 7) is 8.03. The largest absolute Gasteiger partial charge is 0.444 e. The SMILES string of the molecule is Cc1ccc(CNC(=O)OC(C)(C)C)[n+](C)c1. The van der Waals surface area contributed by atoms with E-state index in [4.69, 9.17) is 4.74 Å². The van der Waals surface area contributed by atoms with Gasteiger partial charge < -0.3 is 10.1 Å². The van der Waals surface area contributed by atoms with Gasteiger partial charge in [-0.2, -0.15) is 0 Å². The van der Waals surface area contributed by atoms with Crippen molar-refractivity contribution in [3.8, 4) is 0 Å². The van der Waals surface area contributed by atoms with E-state index < -0.39 is 11.7 Å². The van der Waals surface area contributed by atoms with Gasteiger partial charge in [0.25, 0.3) is 0 Å². The lowest BCUT2D eigenvalue weighted by Gasteiger charge is -2.19. The molecule has 94 valence electrons. The highest BCUT2D eigenvalue weighted by molar-refractivity contribution is 5.67. The van der Waals surface area contributed by atoms with Crippen LogP contribution in [-0.2, 0) is 18.3 Å². The summed E-state index contributed by atoms with van der Waals surface area (Å²) in [7, 11) is 1.96. The second-order valence-electron chi connectivity index (χ2n) is 5.16. The lowest BCUT2D eigenvalue weighted by Crippen LogP contribution is -2.39. The van der Waals surface area contributed by atoms with E-state index in [-0.39, 0.29) is 0 Å². The minimum absolute atomic E-state index is 0.391. The number of carbonyl (C=O) groups is 1. The van der Waals surface area contributed by atoms with Crippen LogP contribution >= 0.6 is 0 Å². The summed E-state index contributed by atoms with van der Waals surface area (Å²) < 4.78 is 7.16. The molecule has 0 saturated carbocycles. The average Bonchev–Trinajstić information content (AvgIpc) is 2.13. The van der Waals surface area contributed by atoms with Crippen LogP contribution in [0.25, 0.3) is 0 Å². The number of alkyl carbamates (subject to hydrolysis) is 1. The Morgan fingerprint density at radius 2 is 2.06 bits per heavy atom. The van der Waals surface area contributed by atoms with Gasteiger partial charge in [-0.3, -0.25) is 0 Å². The molecule has 4 heteroatoms. The number of carbonyl (C=O) groups excluding carboxylic acids is 1. The van der Waals surface area contributed by atoms with Gasteiger partial charge in [0.15, 0.2) is 6.20 Å². The number of aryl methyl sites for hydroxylation is 2. The van der Waals surface area contributed by atoms with Crippen LogP contribution in [0.3, 0.4) is 0 Å². The Bertz CT molecular complexity index is 408. The summed E-state index contributed by atoms with van der Waals surface area (Å²) in [5, 5.41) is 2.73. The van der Waals surface area contributed by atoms with Gasteiger partial charge in [-0.05, 0) is 33.8 Å². The first-order valence-corrected chi connectivity index (χ1v) is 5.70. The predicted octanol–water partition coefficient (Wildman–Crippen LogP) is 1.84. The van der Waals surface area contributed by atoms with Crippen molar-refractivity contribution in [3.05, 3.63) is 29.6 Å². The molecule has 0 bridgehead atoms. The maximum atomic E-state index is 11.5. The molecule has 1 N–H and O–H groups in total. The number of nitrogens with zero attached hydrogens (tertiary/aromatic N) is 1. The molecule has 0 aliphatic rings. The Morgan fingerprint density at radius 1 is 1.41 bits per heavy atom. The van der Waals surface area contributed by atoms with Crippen LogP contribution in [0.4, 0.5) is 4.79 Å². The zero-order valence-electron chi connectivity index (χ0n) is 11.2. The molecule has 0 radical (unpaired) electrons. The molecule has 4 nitrogen and oxygen atoms in total. The van der Waals surface area contributed by atoms with Gasteiger partial charge in [0.2, 0.25) is 5.69 Å². The Kier molecular flexibility index (Phi) is 4.10. The van der Waals surface area contributed by atoms with Gasteiger partial charge in [-0.25, -0.2) is 9.36 Å². The van der Waals surface area contributed by atoms with Crippen molar-refractivity contribution in [2.24, 2.45) is 7.05 Å². The molecule has 17 heavy (non-hydrogen) atoms. The third-order valence-corrected chi connectivity index (χ3v) is 2.20. The van der Waals surface area contributed by atoms with E-state index in [2.05, 4.69) is 5.32 Å². The van der Waals surface area contributed by atoms with Crippen LogP contribution in [0.2, 0.25) is 0 Å². The second kappa shape index (κ2) is 5.17. The van der Waals surface area contributed by atoms with Crippen molar-refractivity contribution in [2.75, 3.05) is 0 Å². The maximum absolute atomic E-state index is 11.5. The van der Waals surface area contributed by atoms with E-state index in [0.717, 1.165) is 5.69 Å². The van der Waals surface area contributed by atoms with Crippen LogP contribution in [0.5, 0.6) is 0 Å². The minimum atomic E-state index is -0.459. The van der Waals surface area contributed by atoms with Crippen LogP contribution in [0, 0.1) is 6.92 Å². The smallest absolute Gasteiger partial charge is 0.408 e. The first kappa shape index (κ1) is 13.5. The van der Waals surface area contributed by atoms with Crippen LogP contribution < -0.4 is 9.88 Å². The predicted molar refractivity (Wildman–Crippen MR) is 65.4 cm³/mol. The highest BCUT2D eigenvalue weighted by Gasteiger charge is 2.16. The monoisotopic (exact) mass is 237 g/mol. The van der Waals surface area contributed by atoms with Crippen molar-refractivity contribution in [3.63, 3.8) is 0 Å². The minimum Gasteiger partial charge on any atom is -0.444 e. The van der Waals surface area contributed by atoms with E-state index in [1.807, 2.05) is 57.6 Å². The number of nitrogens with one attached hydrogen (secondary N) is 1. The molecule has 1 amide bonds. The molecule has 0 unspecified atom stereocenters. The standard InChI is InChI=1S/C13H20N2O2/c1-10-6-7-11(15(5)9-10)8-14-12(16)17-13(2,3)4/h6-7,9H,8H2,1-5H3/p+1. The van der Waals surface area contributed by atoms with E-state index in [1.165, 1.54) is 5.56 Å². The zero-order valence-corrected chi connectivity index (χ0v) is 11.2. The van der Waals surface area contributed by atoms with Gasteiger partial charge in [-0.1, -0.05) is 0 Å². The summed E-state index contributed by atoms with van der Waals surface area (Å²) in [4.78, 5) is 11.5. The summed E-state index contributed by atoms with van der Waals surface area (Å²) in [6.07, 6.45) is 1.63. The van der Waals surface area contributed by atoms with Gasteiger partial charge in [0, 0.05) is 11.6 Å². The van der Waals surface area contributed by atoms with Crippen molar-refractivity contribution in [2.45, 2.75) is 39.8 Å². The van der Waals surface area contributed by atoms with E-state index in [0.29, 0.717) is 6.54 Å². The van der Waals surface area contributed by atoms with Crippen LogP contribution in [-0.4, -0.2) is 11.7 Å². The topological polar surface area (TPSA) is 42.2 Å². The third-order valence-electron chi connectivity index (χ3n) is 2.20. The molecule has 1 aromatic rings. The number of hydrogen-bond acceptors (Lipinski definition) is 2. The molecule has 0 aliphatic heterocycles. The summed E-state index contributed by atoms with van der Waals surface area (Å²) in [5.74, 6) is 0. The summed E-state index contributed by atoms with van der Waals surface area (Å²) >= 11 is 0. The second-order valence-corrected chi connectivity index (χ2v) is 5.16. The normalized spacial score (nSPS) is 11.1. The van der Waals surface area contributed by atoms with Gasteiger partial charge in [0.05, 0.1) is 0 Å². The summed E-state index contributed by atoms with van der Waals surface area (Å²) in [6, 6.07) is 4.01. The molecule has 1 heterocycles. The molecule has 0 aromatic carbocycles.